The fraction of sp³-hybridized carbons (Fsp3) is 0.400. The Morgan fingerprint density at radius 1 is 1.26 bits per heavy atom. The molecule has 0 saturated heterocycles. The summed E-state index contributed by atoms with van der Waals surface area (Å²) in [6.07, 6.45) is 0. The summed E-state index contributed by atoms with van der Waals surface area (Å²) in [4.78, 5) is 36.5. The lowest BCUT2D eigenvalue weighted by molar-refractivity contribution is -0.113. The van der Waals surface area contributed by atoms with Gasteiger partial charge < -0.3 is 10.2 Å². The highest BCUT2D eigenvalue weighted by Crippen LogP contribution is 2.28. The molecule has 0 spiro atoms. The van der Waals surface area contributed by atoms with E-state index in [4.69, 9.17) is 0 Å². The molecular formula is C20H23F2N5O2S2. The van der Waals surface area contributed by atoms with Crippen LogP contribution in [0, 0.1) is 11.6 Å². The Morgan fingerprint density at radius 3 is 2.61 bits per heavy atom. The van der Waals surface area contributed by atoms with Crippen LogP contribution in [-0.2, 0) is 4.79 Å². The molecule has 0 atom stereocenters. The number of hydrogen-bond acceptors (Lipinski definition) is 7. The van der Waals surface area contributed by atoms with Crippen LogP contribution in [0.2, 0.25) is 0 Å². The Morgan fingerprint density at radius 2 is 1.97 bits per heavy atom. The highest BCUT2D eigenvalue weighted by atomic mass is 32.2. The van der Waals surface area contributed by atoms with Crippen LogP contribution in [0.3, 0.4) is 0 Å². The number of carbonyl (C=O) groups is 1. The van der Waals surface area contributed by atoms with Crippen molar-refractivity contribution in [2.45, 2.75) is 38.9 Å². The highest BCUT2D eigenvalue weighted by Gasteiger charge is 2.20. The van der Waals surface area contributed by atoms with E-state index in [9.17, 15) is 18.4 Å². The Hall–Kier alpha value is -2.53. The fourth-order valence-electron chi connectivity index (χ4n) is 2.95. The fourth-order valence-corrected chi connectivity index (χ4v) is 4.94. The number of thioether (sulfide) groups is 1. The number of benzene rings is 1. The molecular weight excluding hydrogens is 444 g/mol. The maximum absolute atomic E-state index is 13.8. The summed E-state index contributed by atoms with van der Waals surface area (Å²) in [5.74, 6) is -2.06. The molecule has 0 bridgehead atoms. The zero-order valence-corrected chi connectivity index (χ0v) is 19.2. The lowest BCUT2D eigenvalue weighted by Gasteiger charge is -2.15. The van der Waals surface area contributed by atoms with Gasteiger partial charge in [-0.1, -0.05) is 23.1 Å². The lowest BCUT2D eigenvalue weighted by atomic mass is 10.3. The van der Waals surface area contributed by atoms with Crippen LogP contribution in [0.15, 0.2) is 28.2 Å². The quantitative estimate of drug-likeness (QED) is 0.393. The number of amides is 1. The summed E-state index contributed by atoms with van der Waals surface area (Å²) in [5.41, 5.74) is -0.110. The Balaban J connectivity index is 1.88. The van der Waals surface area contributed by atoms with Gasteiger partial charge in [0.05, 0.1) is 11.4 Å². The first-order valence-corrected chi connectivity index (χ1v) is 11.6. The van der Waals surface area contributed by atoms with Crippen molar-refractivity contribution in [3.63, 3.8) is 0 Å². The summed E-state index contributed by atoms with van der Waals surface area (Å²) < 4.78 is 29.1. The number of nitrogens with one attached hydrogen (secondary N) is 1. The van der Waals surface area contributed by atoms with Crippen molar-refractivity contribution in [3.8, 4) is 0 Å². The topological polar surface area (TPSA) is 80.1 Å². The van der Waals surface area contributed by atoms with E-state index in [1.807, 2.05) is 32.6 Å². The number of fused-ring (bicyclic) bond motifs is 1. The van der Waals surface area contributed by atoms with Crippen LogP contribution in [0.1, 0.15) is 33.7 Å². The van der Waals surface area contributed by atoms with Crippen LogP contribution in [0.4, 0.5) is 19.6 Å². The molecule has 31 heavy (non-hydrogen) atoms. The molecule has 2 aromatic heterocycles. The predicted octanol–water partition coefficient (Wildman–Crippen LogP) is 4.29. The zero-order valence-electron chi connectivity index (χ0n) is 17.6. The van der Waals surface area contributed by atoms with Crippen molar-refractivity contribution in [1.82, 2.24) is 14.5 Å². The summed E-state index contributed by atoms with van der Waals surface area (Å²) in [5, 5.41) is 3.42. The molecule has 1 aromatic carbocycles. The van der Waals surface area contributed by atoms with E-state index in [0.29, 0.717) is 15.5 Å². The standard InChI is InChI=1S/C20H23F2N5O2S2/c1-5-26(6-2)19-24-17-16(31-19)18(29)27(11(3)4)20(25-17)30-10-15(28)23-14-9-12(21)7-8-13(14)22/h7-9,11H,5-6,10H2,1-4H3,(H,23,28). The van der Waals surface area contributed by atoms with Gasteiger partial charge in [0.25, 0.3) is 5.56 Å². The summed E-state index contributed by atoms with van der Waals surface area (Å²) in [6.45, 7) is 9.24. The number of halogens is 2. The van der Waals surface area contributed by atoms with Gasteiger partial charge in [-0.25, -0.2) is 13.8 Å². The third-order valence-corrected chi connectivity index (χ3v) is 6.55. The number of anilines is 2. The maximum atomic E-state index is 13.8. The zero-order chi connectivity index (χ0) is 22.7. The lowest BCUT2D eigenvalue weighted by Crippen LogP contribution is -2.25. The van der Waals surface area contributed by atoms with E-state index in [-0.39, 0.29) is 23.0 Å². The average Bonchev–Trinajstić information content (AvgIpc) is 3.14. The number of nitrogens with zero attached hydrogens (tertiary/aromatic N) is 4. The number of rotatable bonds is 8. The third-order valence-electron chi connectivity index (χ3n) is 4.50. The summed E-state index contributed by atoms with van der Waals surface area (Å²) in [7, 11) is 0. The highest BCUT2D eigenvalue weighted by molar-refractivity contribution is 7.99. The molecule has 0 aliphatic heterocycles. The largest absolute Gasteiger partial charge is 0.349 e. The molecule has 0 saturated carbocycles. The number of carbonyl (C=O) groups excluding carboxylic acids is 1. The second kappa shape index (κ2) is 9.73. The van der Waals surface area contributed by atoms with E-state index < -0.39 is 17.5 Å². The summed E-state index contributed by atoms with van der Waals surface area (Å²) in [6, 6.07) is 2.64. The van der Waals surface area contributed by atoms with E-state index in [2.05, 4.69) is 15.3 Å². The van der Waals surface area contributed by atoms with Gasteiger partial charge in [0.1, 0.15) is 16.3 Å². The molecule has 0 radical (unpaired) electrons. The molecule has 3 rings (SSSR count). The minimum absolute atomic E-state index is 0.131. The Bertz CT molecular complexity index is 1160. The first kappa shape index (κ1) is 23.1. The SMILES string of the molecule is CCN(CC)c1nc2nc(SCC(=O)Nc3cc(F)ccc3F)n(C(C)C)c(=O)c2s1. The first-order chi connectivity index (χ1) is 14.7. The number of aromatic nitrogens is 3. The summed E-state index contributed by atoms with van der Waals surface area (Å²) >= 11 is 2.35. The molecule has 1 N–H and O–H groups in total. The molecule has 7 nitrogen and oxygen atoms in total. The van der Waals surface area contributed by atoms with Gasteiger partial charge in [0, 0.05) is 25.2 Å². The van der Waals surface area contributed by atoms with Gasteiger partial charge in [0.2, 0.25) is 5.91 Å². The molecule has 0 fully saturated rings. The third kappa shape index (κ3) is 5.04. The molecule has 0 unspecified atom stereocenters. The van der Waals surface area contributed by atoms with Gasteiger partial charge in [-0.05, 0) is 39.8 Å². The second-order valence-corrected chi connectivity index (χ2v) is 8.87. The van der Waals surface area contributed by atoms with Crippen molar-refractivity contribution >= 4 is 50.2 Å². The van der Waals surface area contributed by atoms with E-state index >= 15 is 0 Å². The van der Waals surface area contributed by atoms with E-state index in [1.54, 1.807) is 0 Å². The predicted molar refractivity (Wildman–Crippen MR) is 121 cm³/mol. The smallest absolute Gasteiger partial charge is 0.274 e. The van der Waals surface area contributed by atoms with Crippen molar-refractivity contribution in [2.75, 3.05) is 29.1 Å². The van der Waals surface area contributed by atoms with Crippen LogP contribution in [0.25, 0.3) is 10.3 Å². The monoisotopic (exact) mass is 467 g/mol. The minimum atomic E-state index is -0.732. The van der Waals surface area contributed by atoms with Crippen LogP contribution >= 0.6 is 23.1 Å². The van der Waals surface area contributed by atoms with Crippen molar-refractivity contribution in [1.29, 1.82) is 0 Å². The maximum Gasteiger partial charge on any atom is 0.274 e. The van der Waals surface area contributed by atoms with Gasteiger partial charge in [0.15, 0.2) is 15.9 Å². The molecule has 0 aliphatic rings. The van der Waals surface area contributed by atoms with Gasteiger partial charge in [-0.2, -0.15) is 4.98 Å². The van der Waals surface area contributed by atoms with Crippen molar-refractivity contribution < 1.29 is 13.6 Å². The Labute approximate surface area is 186 Å². The minimum Gasteiger partial charge on any atom is -0.349 e. The second-order valence-electron chi connectivity index (χ2n) is 6.95. The average molecular weight is 468 g/mol. The molecule has 1 amide bonds. The van der Waals surface area contributed by atoms with E-state index in [1.165, 1.54) is 15.9 Å². The molecule has 0 aliphatic carbocycles. The van der Waals surface area contributed by atoms with Crippen LogP contribution < -0.4 is 15.8 Å². The van der Waals surface area contributed by atoms with Crippen molar-refractivity contribution in [3.05, 3.63) is 40.2 Å². The molecule has 3 aromatic rings. The Kier molecular flexibility index (Phi) is 7.26. The van der Waals surface area contributed by atoms with Gasteiger partial charge >= 0.3 is 0 Å². The van der Waals surface area contributed by atoms with E-state index in [0.717, 1.165) is 48.2 Å². The number of hydrogen-bond donors (Lipinski definition) is 1. The molecule has 2 heterocycles. The normalized spacial score (nSPS) is 11.3. The first-order valence-electron chi connectivity index (χ1n) is 9.80. The molecule has 11 heteroatoms. The number of thiazole rings is 1. The van der Waals surface area contributed by atoms with Crippen LogP contribution in [-0.4, -0.2) is 39.3 Å². The van der Waals surface area contributed by atoms with Gasteiger partial charge in [-0.3, -0.25) is 14.2 Å². The van der Waals surface area contributed by atoms with Crippen LogP contribution in [0.5, 0.6) is 0 Å². The van der Waals surface area contributed by atoms with Crippen molar-refractivity contribution in [2.24, 2.45) is 0 Å². The molecule has 166 valence electrons. The van der Waals surface area contributed by atoms with Gasteiger partial charge in [-0.15, -0.1) is 0 Å².